The largest absolute Gasteiger partial charge is 0.329 e. The van der Waals surface area contributed by atoms with Crippen molar-refractivity contribution in [3.63, 3.8) is 0 Å². The van der Waals surface area contributed by atoms with Gasteiger partial charge in [-0.2, -0.15) is 0 Å². The van der Waals surface area contributed by atoms with E-state index in [1.807, 2.05) is 66.7 Å². The van der Waals surface area contributed by atoms with Gasteiger partial charge in [0.2, 0.25) is 0 Å². The molecule has 2 N–H and O–H groups in total. The molecule has 5 aromatic rings. The minimum Gasteiger partial charge on any atom is -0.329 e. The normalized spacial score (nSPS) is 12.1. The molecule has 0 radical (unpaired) electrons. The summed E-state index contributed by atoms with van der Waals surface area (Å²) in [6, 6.07) is 25.7. The van der Waals surface area contributed by atoms with Gasteiger partial charge in [-0.25, -0.2) is 17.9 Å². The van der Waals surface area contributed by atoms with Gasteiger partial charge in [0.15, 0.2) is 0 Å². The SMILES string of the molecule is O=C(N[C@@H](Cc1ccccc1)c1ncccc1-c1ccc2ccncc2c1)NS(=O)(=O)c1ccccc1Cl. The van der Waals surface area contributed by atoms with Crippen molar-refractivity contribution in [2.45, 2.75) is 17.4 Å². The summed E-state index contributed by atoms with van der Waals surface area (Å²) in [4.78, 5) is 21.7. The van der Waals surface area contributed by atoms with Crippen molar-refractivity contribution in [3.05, 3.63) is 126 Å². The Morgan fingerprint density at radius 1 is 0.868 bits per heavy atom. The van der Waals surface area contributed by atoms with Gasteiger partial charge >= 0.3 is 6.03 Å². The van der Waals surface area contributed by atoms with E-state index < -0.39 is 22.1 Å². The van der Waals surface area contributed by atoms with E-state index in [1.165, 1.54) is 18.2 Å². The third kappa shape index (κ3) is 5.66. The highest BCUT2D eigenvalue weighted by Gasteiger charge is 2.25. The summed E-state index contributed by atoms with van der Waals surface area (Å²) < 4.78 is 27.8. The number of amides is 2. The first-order valence-corrected chi connectivity index (χ1v) is 13.7. The van der Waals surface area contributed by atoms with E-state index in [9.17, 15) is 13.2 Å². The minimum absolute atomic E-state index is 0.0199. The molecule has 2 heterocycles. The fourth-order valence-corrected chi connectivity index (χ4v) is 5.72. The van der Waals surface area contributed by atoms with Crippen molar-refractivity contribution in [1.82, 2.24) is 20.0 Å². The zero-order valence-corrected chi connectivity index (χ0v) is 21.7. The van der Waals surface area contributed by atoms with E-state index in [0.29, 0.717) is 12.1 Å². The number of carbonyl (C=O) groups excluding carboxylic acids is 1. The van der Waals surface area contributed by atoms with Crippen molar-refractivity contribution in [3.8, 4) is 11.1 Å². The fourth-order valence-electron chi connectivity index (χ4n) is 4.29. The number of sulfonamides is 1. The maximum Gasteiger partial charge on any atom is 0.329 e. The third-order valence-electron chi connectivity index (χ3n) is 6.06. The molecule has 1 atom stereocenters. The lowest BCUT2D eigenvalue weighted by atomic mass is 9.94. The molecule has 7 nitrogen and oxygen atoms in total. The standard InChI is InChI=1S/C29H23ClN4O3S/c30-25-10-4-5-11-27(25)38(36,37)34-29(35)33-26(17-20-7-2-1-3-8-20)28-24(9-6-15-32-28)22-13-12-21-14-16-31-19-23(21)18-22/h1-16,18-19,26H,17H2,(H2,33,34,35)/t26-/m0/s1. The van der Waals surface area contributed by atoms with Crippen LogP contribution in [0.5, 0.6) is 0 Å². The van der Waals surface area contributed by atoms with Gasteiger partial charge < -0.3 is 5.32 Å². The molecule has 2 aromatic heterocycles. The molecule has 0 saturated carbocycles. The van der Waals surface area contributed by atoms with Gasteiger partial charge in [-0.15, -0.1) is 0 Å². The number of urea groups is 1. The first-order chi connectivity index (χ1) is 18.4. The van der Waals surface area contributed by atoms with Crippen LogP contribution >= 0.6 is 11.6 Å². The number of nitrogens with one attached hydrogen (secondary N) is 2. The smallest absolute Gasteiger partial charge is 0.329 e. The Hall–Kier alpha value is -4.27. The molecule has 0 fully saturated rings. The van der Waals surface area contributed by atoms with E-state index >= 15 is 0 Å². The van der Waals surface area contributed by atoms with Crippen LogP contribution in [0.3, 0.4) is 0 Å². The van der Waals surface area contributed by atoms with Crippen LogP contribution in [0.2, 0.25) is 5.02 Å². The van der Waals surface area contributed by atoms with Crippen LogP contribution in [0.4, 0.5) is 4.79 Å². The first kappa shape index (κ1) is 25.4. The van der Waals surface area contributed by atoms with Gasteiger partial charge in [0.25, 0.3) is 10.0 Å². The second-order valence-electron chi connectivity index (χ2n) is 8.63. The number of benzene rings is 3. The highest BCUT2D eigenvalue weighted by atomic mass is 35.5. The molecule has 0 aliphatic rings. The molecule has 5 rings (SSSR count). The second-order valence-corrected chi connectivity index (χ2v) is 10.7. The zero-order chi connectivity index (χ0) is 26.5. The molecule has 0 unspecified atom stereocenters. The molecular weight excluding hydrogens is 520 g/mol. The lowest BCUT2D eigenvalue weighted by molar-refractivity contribution is 0.242. The van der Waals surface area contributed by atoms with Gasteiger partial charge in [0.05, 0.1) is 16.8 Å². The molecule has 0 aliphatic carbocycles. The summed E-state index contributed by atoms with van der Waals surface area (Å²) in [5.74, 6) is 0. The van der Waals surface area contributed by atoms with Crippen LogP contribution in [-0.4, -0.2) is 24.4 Å². The fraction of sp³-hybridized carbons (Fsp3) is 0.0690. The van der Waals surface area contributed by atoms with Crippen molar-refractivity contribution in [2.24, 2.45) is 0 Å². The summed E-state index contributed by atoms with van der Waals surface area (Å²) in [7, 11) is -4.20. The van der Waals surface area contributed by atoms with Crippen molar-refractivity contribution < 1.29 is 13.2 Å². The molecular formula is C29H23ClN4O3S. The van der Waals surface area contributed by atoms with Crippen LogP contribution in [-0.2, 0) is 16.4 Å². The number of fused-ring (bicyclic) bond motifs is 1. The van der Waals surface area contributed by atoms with Crippen molar-refractivity contribution in [2.75, 3.05) is 0 Å². The summed E-state index contributed by atoms with van der Waals surface area (Å²) in [5.41, 5.74) is 3.27. The number of hydrogen-bond acceptors (Lipinski definition) is 5. The molecule has 0 saturated heterocycles. The van der Waals surface area contributed by atoms with Gasteiger partial charge in [-0.3, -0.25) is 9.97 Å². The van der Waals surface area contributed by atoms with Crippen molar-refractivity contribution >= 4 is 38.4 Å². The van der Waals surface area contributed by atoms with Crippen LogP contribution in [0.1, 0.15) is 17.3 Å². The Kier molecular flexibility index (Phi) is 7.35. The molecule has 3 aromatic carbocycles. The maximum atomic E-state index is 13.1. The maximum absolute atomic E-state index is 13.1. The topological polar surface area (TPSA) is 101 Å². The average Bonchev–Trinajstić information content (AvgIpc) is 2.93. The summed E-state index contributed by atoms with van der Waals surface area (Å²) in [6.07, 6.45) is 5.58. The molecule has 0 bridgehead atoms. The van der Waals surface area contributed by atoms with E-state index in [1.54, 1.807) is 24.7 Å². The summed E-state index contributed by atoms with van der Waals surface area (Å²) >= 11 is 6.07. The quantitative estimate of drug-likeness (QED) is 0.266. The predicted molar refractivity (Wildman–Crippen MR) is 148 cm³/mol. The average molecular weight is 543 g/mol. The first-order valence-electron chi connectivity index (χ1n) is 11.8. The number of carbonyl (C=O) groups is 1. The van der Waals surface area contributed by atoms with Crippen LogP contribution in [0.15, 0.2) is 114 Å². The zero-order valence-electron chi connectivity index (χ0n) is 20.1. The number of hydrogen-bond donors (Lipinski definition) is 2. The van der Waals surface area contributed by atoms with Crippen LogP contribution < -0.4 is 10.0 Å². The second kappa shape index (κ2) is 11.0. The summed E-state index contributed by atoms with van der Waals surface area (Å²) in [5, 5.41) is 4.87. The molecule has 9 heteroatoms. The molecule has 38 heavy (non-hydrogen) atoms. The third-order valence-corrected chi connectivity index (χ3v) is 7.89. The number of rotatable bonds is 7. The number of aromatic nitrogens is 2. The Balaban J connectivity index is 1.50. The van der Waals surface area contributed by atoms with Gasteiger partial charge in [0, 0.05) is 29.5 Å². The monoisotopic (exact) mass is 542 g/mol. The van der Waals surface area contributed by atoms with Crippen LogP contribution in [0, 0.1) is 0 Å². The van der Waals surface area contributed by atoms with Gasteiger partial charge in [-0.05, 0) is 53.3 Å². The van der Waals surface area contributed by atoms with Crippen molar-refractivity contribution in [1.29, 1.82) is 0 Å². The summed E-state index contributed by atoms with van der Waals surface area (Å²) in [6.45, 7) is 0. The highest BCUT2D eigenvalue weighted by Crippen LogP contribution is 2.31. The Bertz CT molecular complexity index is 1710. The number of nitrogens with zero attached hydrogens (tertiary/aromatic N) is 2. The van der Waals surface area contributed by atoms with E-state index in [4.69, 9.17) is 11.6 Å². The Morgan fingerprint density at radius 2 is 1.66 bits per heavy atom. The lowest BCUT2D eigenvalue weighted by Crippen LogP contribution is -2.42. The Labute approximate surface area is 225 Å². The Morgan fingerprint density at radius 3 is 2.47 bits per heavy atom. The molecule has 190 valence electrons. The number of halogens is 1. The van der Waals surface area contributed by atoms with Gasteiger partial charge in [-0.1, -0.05) is 72.3 Å². The van der Waals surface area contributed by atoms with E-state index in [0.717, 1.165) is 27.5 Å². The predicted octanol–water partition coefficient (Wildman–Crippen LogP) is 5.92. The van der Waals surface area contributed by atoms with E-state index in [2.05, 4.69) is 20.0 Å². The molecule has 0 spiro atoms. The highest BCUT2D eigenvalue weighted by molar-refractivity contribution is 7.90. The molecule has 0 aliphatic heterocycles. The minimum atomic E-state index is -4.20. The van der Waals surface area contributed by atoms with Gasteiger partial charge in [0.1, 0.15) is 4.90 Å². The van der Waals surface area contributed by atoms with E-state index in [-0.39, 0.29) is 9.92 Å². The molecule has 2 amide bonds. The van der Waals surface area contributed by atoms with Crippen LogP contribution in [0.25, 0.3) is 21.9 Å². The number of pyridine rings is 2. The lowest BCUT2D eigenvalue weighted by Gasteiger charge is -2.22.